The summed E-state index contributed by atoms with van der Waals surface area (Å²) in [6, 6.07) is 5.47. The van der Waals surface area contributed by atoms with Crippen molar-refractivity contribution in [3.8, 4) is 0 Å². The second-order valence-corrected chi connectivity index (χ2v) is 6.80. The standard InChI is InChI=1S/C7H5BrFNO.C6H6O3S2/c8-6-3-4(9)1-2-5(6)7(10)11;7-11(8,9)4-2-6-1-3-10-5-6/h1-3H,(H2,10,11);1-5H,(H,7,8,9)/b;4-2+. The zero-order valence-electron chi connectivity index (χ0n) is 10.9. The minimum absolute atomic E-state index is 0.284. The van der Waals surface area contributed by atoms with Crippen molar-refractivity contribution in [1.29, 1.82) is 0 Å². The Kier molecular flexibility index (Phi) is 6.88. The molecule has 1 aromatic heterocycles. The number of primary amides is 1. The Morgan fingerprint density at radius 3 is 2.50 bits per heavy atom. The quantitative estimate of drug-likeness (QED) is 0.762. The third kappa shape index (κ3) is 6.94. The molecule has 5 nitrogen and oxygen atoms in total. The predicted octanol–water partition coefficient (Wildman–Crippen LogP) is 3.29. The van der Waals surface area contributed by atoms with Gasteiger partial charge >= 0.3 is 0 Å². The Morgan fingerprint density at radius 2 is 2.05 bits per heavy atom. The summed E-state index contributed by atoms with van der Waals surface area (Å²) in [5.74, 6) is -0.973. The van der Waals surface area contributed by atoms with E-state index in [9.17, 15) is 17.6 Å². The van der Waals surface area contributed by atoms with Crippen molar-refractivity contribution in [2.45, 2.75) is 0 Å². The van der Waals surface area contributed by atoms with Gasteiger partial charge in [0.1, 0.15) is 5.82 Å². The van der Waals surface area contributed by atoms with Gasteiger partial charge in [0.25, 0.3) is 10.1 Å². The molecule has 9 heteroatoms. The van der Waals surface area contributed by atoms with E-state index in [-0.39, 0.29) is 5.56 Å². The normalized spacial score (nSPS) is 11.0. The zero-order chi connectivity index (χ0) is 16.8. The molecule has 1 amide bonds. The van der Waals surface area contributed by atoms with Crippen molar-refractivity contribution >= 4 is 49.4 Å². The molecular formula is C13H11BrFNO4S2. The first-order chi connectivity index (χ1) is 10.2. The van der Waals surface area contributed by atoms with Gasteiger partial charge in [-0.05, 0) is 62.6 Å². The molecule has 2 rings (SSSR count). The van der Waals surface area contributed by atoms with E-state index in [0.29, 0.717) is 4.47 Å². The van der Waals surface area contributed by atoms with Gasteiger partial charge in [-0.2, -0.15) is 19.8 Å². The van der Waals surface area contributed by atoms with Crippen LogP contribution in [0.5, 0.6) is 0 Å². The van der Waals surface area contributed by atoms with Crippen LogP contribution in [0.4, 0.5) is 4.39 Å². The second kappa shape index (κ2) is 8.18. The first-order valence-electron chi connectivity index (χ1n) is 5.61. The Hall–Kier alpha value is -1.55. The molecule has 0 aliphatic carbocycles. The number of hydrogen-bond acceptors (Lipinski definition) is 4. The molecule has 0 aliphatic heterocycles. The highest BCUT2D eigenvalue weighted by Crippen LogP contribution is 2.16. The van der Waals surface area contributed by atoms with Gasteiger partial charge in [0, 0.05) is 4.47 Å². The average Bonchev–Trinajstić information content (AvgIpc) is 2.89. The van der Waals surface area contributed by atoms with Crippen LogP contribution < -0.4 is 5.73 Å². The lowest BCUT2D eigenvalue weighted by Gasteiger charge is -1.97. The molecule has 2 aromatic rings. The van der Waals surface area contributed by atoms with Gasteiger partial charge in [-0.3, -0.25) is 9.35 Å². The minimum Gasteiger partial charge on any atom is -0.366 e. The van der Waals surface area contributed by atoms with Gasteiger partial charge < -0.3 is 5.73 Å². The summed E-state index contributed by atoms with van der Waals surface area (Å²) >= 11 is 4.47. The van der Waals surface area contributed by atoms with Gasteiger partial charge in [-0.25, -0.2) is 4.39 Å². The summed E-state index contributed by atoms with van der Waals surface area (Å²) in [4.78, 5) is 10.6. The number of halogens is 2. The molecule has 1 heterocycles. The first-order valence-corrected chi connectivity index (χ1v) is 8.85. The molecule has 0 fully saturated rings. The highest BCUT2D eigenvalue weighted by Gasteiger charge is 2.05. The summed E-state index contributed by atoms with van der Waals surface area (Å²) in [5, 5.41) is 4.36. The van der Waals surface area contributed by atoms with Crippen molar-refractivity contribution in [3.63, 3.8) is 0 Å². The van der Waals surface area contributed by atoms with E-state index in [0.717, 1.165) is 11.0 Å². The van der Waals surface area contributed by atoms with Crippen LogP contribution >= 0.6 is 27.3 Å². The topological polar surface area (TPSA) is 97.5 Å². The van der Waals surface area contributed by atoms with Crippen LogP contribution in [-0.2, 0) is 10.1 Å². The molecule has 0 aliphatic rings. The molecule has 22 heavy (non-hydrogen) atoms. The molecule has 0 saturated heterocycles. The second-order valence-electron chi connectivity index (χ2n) is 3.86. The fraction of sp³-hybridized carbons (Fsp3) is 0. The van der Waals surface area contributed by atoms with Crippen molar-refractivity contribution in [2.24, 2.45) is 5.73 Å². The molecule has 0 bridgehead atoms. The fourth-order valence-electron chi connectivity index (χ4n) is 1.22. The molecule has 0 spiro atoms. The van der Waals surface area contributed by atoms with Crippen molar-refractivity contribution in [1.82, 2.24) is 0 Å². The van der Waals surface area contributed by atoms with E-state index in [4.69, 9.17) is 10.3 Å². The largest absolute Gasteiger partial charge is 0.366 e. The van der Waals surface area contributed by atoms with Gasteiger partial charge in [0.15, 0.2) is 0 Å². The summed E-state index contributed by atoms with van der Waals surface area (Å²) in [6.07, 6.45) is 1.34. The van der Waals surface area contributed by atoms with Gasteiger partial charge in [0.05, 0.1) is 11.0 Å². The summed E-state index contributed by atoms with van der Waals surface area (Å²) in [6.45, 7) is 0. The number of carbonyl (C=O) groups excluding carboxylic acids is 1. The van der Waals surface area contributed by atoms with Crippen molar-refractivity contribution < 1.29 is 22.2 Å². The molecule has 1 aromatic carbocycles. The van der Waals surface area contributed by atoms with Gasteiger partial charge in [-0.15, -0.1) is 0 Å². The summed E-state index contributed by atoms with van der Waals surface area (Å²) < 4.78 is 41.5. The third-order valence-electron chi connectivity index (χ3n) is 2.17. The number of benzene rings is 1. The summed E-state index contributed by atoms with van der Waals surface area (Å²) in [7, 11) is -3.98. The van der Waals surface area contributed by atoms with Crippen LogP contribution in [0.1, 0.15) is 15.9 Å². The van der Waals surface area contributed by atoms with Crippen molar-refractivity contribution in [3.05, 3.63) is 61.9 Å². The highest BCUT2D eigenvalue weighted by atomic mass is 79.9. The SMILES string of the molecule is NC(=O)c1ccc(F)cc1Br.O=S(=O)(O)/C=C/c1ccsc1. The Bertz CT molecular complexity index is 773. The molecule has 3 N–H and O–H groups in total. The zero-order valence-corrected chi connectivity index (χ0v) is 14.2. The smallest absolute Gasteiger partial charge is 0.287 e. The maximum absolute atomic E-state index is 12.4. The average molecular weight is 408 g/mol. The van der Waals surface area contributed by atoms with E-state index >= 15 is 0 Å². The van der Waals surface area contributed by atoms with E-state index in [2.05, 4.69) is 15.9 Å². The lowest BCUT2D eigenvalue weighted by atomic mass is 10.2. The van der Waals surface area contributed by atoms with E-state index in [1.165, 1.54) is 35.6 Å². The molecule has 0 atom stereocenters. The number of nitrogens with two attached hydrogens (primary N) is 1. The Morgan fingerprint density at radius 1 is 1.36 bits per heavy atom. The van der Waals surface area contributed by atoms with Crippen LogP contribution in [0.2, 0.25) is 0 Å². The van der Waals surface area contributed by atoms with Crippen LogP contribution in [0.25, 0.3) is 6.08 Å². The Balaban J connectivity index is 0.000000220. The third-order valence-corrected chi connectivity index (χ3v) is 4.01. The van der Waals surface area contributed by atoms with E-state index < -0.39 is 21.8 Å². The molecule has 0 saturated carbocycles. The molecular weight excluding hydrogens is 397 g/mol. The van der Waals surface area contributed by atoms with E-state index in [1.807, 2.05) is 5.38 Å². The van der Waals surface area contributed by atoms with Crippen LogP contribution in [0.15, 0.2) is 44.9 Å². The predicted molar refractivity (Wildman–Crippen MR) is 87.5 cm³/mol. The minimum atomic E-state index is -3.98. The molecule has 118 valence electrons. The van der Waals surface area contributed by atoms with Crippen LogP contribution in [0.3, 0.4) is 0 Å². The maximum atomic E-state index is 12.4. The highest BCUT2D eigenvalue weighted by molar-refractivity contribution is 9.10. The first kappa shape index (κ1) is 18.5. The number of rotatable bonds is 3. The van der Waals surface area contributed by atoms with Gasteiger partial charge in [-0.1, -0.05) is 0 Å². The molecule has 0 radical (unpaired) electrons. The fourth-order valence-corrected chi connectivity index (χ4v) is 2.73. The summed E-state index contributed by atoms with van der Waals surface area (Å²) in [5.41, 5.74) is 6.03. The van der Waals surface area contributed by atoms with Gasteiger partial charge in [0.2, 0.25) is 5.91 Å². The molecule has 0 unspecified atom stereocenters. The lowest BCUT2D eigenvalue weighted by molar-refractivity contribution is 0.0999. The number of hydrogen-bond donors (Lipinski definition) is 2. The Labute approximate surface area is 139 Å². The van der Waals surface area contributed by atoms with Crippen molar-refractivity contribution in [2.75, 3.05) is 0 Å². The number of amides is 1. The lowest BCUT2D eigenvalue weighted by Crippen LogP contribution is -2.11. The maximum Gasteiger partial charge on any atom is 0.287 e. The van der Waals surface area contributed by atoms with E-state index in [1.54, 1.807) is 11.4 Å². The number of carbonyl (C=O) groups is 1. The number of thiophene rings is 1. The van der Waals surface area contributed by atoms with Crippen LogP contribution in [0, 0.1) is 5.82 Å². The van der Waals surface area contributed by atoms with Crippen LogP contribution in [-0.4, -0.2) is 18.9 Å². The monoisotopic (exact) mass is 407 g/mol.